The maximum absolute atomic E-state index is 14.8. The number of aryl methyl sites for hydroxylation is 2. The summed E-state index contributed by atoms with van der Waals surface area (Å²) in [4.78, 5) is 127. The number of carbonyl (C=O) groups is 8. The highest BCUT2D eigenvalue weighted by atomic mass is 16.7. The number of cyclic esters (lactones) is 2. The highest BCUT2D eigenvalue weighted by Gasteiger charge is 2.64. The van der Waals surface area contributed by atoms with Crippen LogP contribution in [-0.4, -0.2) is 164 Å². The van der Waals surface area contributed by atoms with E-state index in [0.717, 1.165) is 53.9 Å². The first-order valence-corrected chi connectivity index (χ1v) is 41.8. The summed E-state index contributed by atoms with van der Waals surface area (Å²) in [6, 6.07) is 18.8. The molecule has 614 valence electrons. The van der Waals surface area contributed by atoms with Crippen molar-refractivity contribution in [1.29, 1.82) is 0 Å². The van der Waals surface area contributed by atoms with Crippen LogP contribution in [0, 0.1) is 75.4 Å². The third-order valence-electron chi connectivity index (χ3n) is 26.4. The summed E-state index contributed by atoms with van der Waals surface area (Å²) >= 11 is 0. The molecule has 6 fully saturated rings. The Morgan fingerprint density at radius 3 is 1.39 bits per heavy atom. The molecule has 21 heteroatoms. The number of amides is 2. The Morgan fingerprint density at radius 1 is 0.505 bits per heavy atom. The molecular formula is C90H132N4O17. The minimum Gasteiger partial charge on any atom is -0.457 e. The lowest BCUT2D eigenvalue weighted by Crippen LogP contribution is -2.60. The van der Waals surface area contributed by atoms with Gasteiger partial charge in [0.15, 0.2) is 35.3 Å². The lowest BCUT2D eigenvalue weighted by molar-refractivity contribution is -0.284. The third kappa shape index (κ3) is 18.5. The number of carbonyl (C=O) groups excluding carboxylic acids is 8. The van der Waals surface area contributed by atoms with E-state index in [-0.39, 0.29) is 47.2 Å². The van der Waals surface area contributed by atoms with Crippen LogP contribution in [0.5, 0.6) is 0 Å². The number of aliphatic hydroxyl groups excluding tert-OH is 1. The zero-order chi connectivity index (χ0) is 81.7. The third-order valence-corrected chi connectivity index (χ3v) is 26.4. The van der Waals surface area contributed by atoms with E-state index in [1.807, 2.05) is 172 Å². The van der Waals surface area contributed by atoms with Crippen LogP contribution in [-0.2, 0) is 79.5 Å². The van der Waals surface area contributed by atoms with Gasteiger partial charge in [-0.25, -0.2) is 9.59 Å². The van der Waals surface area contributed by atoms with Crippen molar-refractivity contribution >= 4 is 69.1 Å². The smallest absolute Gasteiger partial charge is 0.410 e. The zero-order valence-corrected chi connectivity index (χ0v) is 70.6. The van der Waals surface area contributed by atoms with Gasteiger partial charge in [-0.05, 0) is 183 Å². The van der Waals surface area contributed by atoms with Crippen LogP contribution < -0.4 is 0 Å². The Morgan fingerprint density at radius 2 is 0.928 bits per heavy atom. The number of fused-ring (bicyclic) bond motifs is 4. The molecule has 1 N–H and O–H groups in total. The number of esters is 2. The maximum Gasteiger partial charge on any atom is 0.410 e. The molecule has 2 aromatic heterocycles. The number of Topliss-reactive ketones (excluding diaryl/α,β-unsaturated/α-hetero) is 4. The Labute approximate surface area is 660 Å². The van der Waals surface area contributed by atoms with E-state index in [1.54, 1.807) is 37.5 Å². The number of ketones is 4. The second kappa shape index (κ2) is 36.4. The summed E-state index contributed by atoms with van der Waals surface area (Å²) < 4.78 is 51.2. The van der Waals surface area contributed by atoms with Crippen LogP contribution in [0.25, 0.3) is 21.8 Å². The van der Waals surface area contributed by atoms with Crippen molar-refractivity contribution in [1.82, 2.24) is 19.8 Å². The number of unbranched alkanes of at least 4 members (excludes halogenated alkanes) is 2. The highest BCUT2D eigenvalue weighted by molar-refractivity contribution is 6.04. The number of pyridine rings is 2. The Bertz CT molecular complexity index is 3920. The number of hydrogen-bond acceptors (Lipinski definition) is 19. The van der Waals surface area contributed by atoms with E-state index in [9.17, 15) is 43.5 Å². The molecule has 0 radical (unpaired) electrons. The molecule has 2 unspecified atom stereocenters. The second-order valence-corrected chi connectivity index (χ2v) is 35.9. The standard InChI is InChI=1S/C45H66N2O9.C45H66N2O8/c1-12-34-45(13-2)37(47(42(52)56-45)23-17-16-18-31-21-22-46-33-20-15-14-19-32(31)33)29(6)35(48)27(4)25-43(8,9)39(30(7)38(50)44(10,11)41(51)54-34)55-40-36(49)26(3)24-28(5)53-40;1-12-36-45(13-2)39(47(43(51)55-45)23-17-16-18-33-21-22-46-35-20-15-14-19-34(33)35)30(7)37(48)27(4)25-44(10,11)40(31(8)38(49)32(9)41(50)53-36)54-42-29(6)26(3)24-28(5)52-42/h14-15,19-22,26-30,34,36-37,39-40,49H,12-13,16-18,23-25H2,1-11H3;14-15,19-22,26-32,36,39-40,42H,12-13,16-18,23-25H2,1-11H3/t26-,27+,28+,29-,30-,34+,36+,37+,39+,40?,45+;26-,27+,28+,29+,30-,31-,32+,36+,39+,40+,42?,45+/m00/s1. The van der Waals surface area contributed by atoms with Crippen LogP contribution in [0.2, 0.25) is 0 Å². The van der Waals surface area contributed by atoms with Crippen LogP contribution in [0.1, 0.15) is 240 Å². The molecule has 0 bridgehead atoms. The van der Waals surface area contributed by atoms with Gasteiger partial charge in [-0.3, -0.25) is 38.7 Å². The first-order chi connectivity index (χ1) is 52.3. The molecule has 10 rings (SSSR count). The van der Waals surface area contributed by atoms with Crippen LogP contribution >= 0.6 is 0 Å². The molecule has 0 saturated carbocycles. The lowest BCUT2D eigenvalue weighted by Gasteiger charge is -2.46. The van der Waals surface area contributed by atoms with E-state index in [2.05, 4.69) is 35.9 Å². The van der Waals surface area contributed by atoms with E-state index >= 15 is 0 Å². The largest absolute Gasteiger partial charge is 0.457 e. The highest BCUT2D eigenvalue weighted by Crippen LogP contribution is 2.50. The van der Waals surface area contributed by atoms with Crippen molar-refractivity contribution in [2.45, 2.75) is 321 Å². The van der Waals surface area contributed by atoms with Crippen molar-refractivity contribution in [3.63, 3.8) is 0 Å². The second-order valence-electron chi connectivity index (χ2n) is 35.9. The summed E-state index contributed by atoms with van der Waals surface area (Å²) in [6.07, 6.45) is 4.89. The molecule has 6 aliphatic heterocycles. The number of para-hydroxylation sites is 2. The average Bonchev–Trinajstić information content (AvgIpc) is 1.63. The summed E-state index contributed by atoms with van der Waals surface area (Å²) in [7, 11) is 0. The van der Waals surface area contributed by atoms with Crippen LogP contribution in [0.4, 0.5) is 9.59 Å². The fraction of sp³-hybridized carbons (Fsp3) is 0.711. The average molecular weight is 1540 g/mol. The summed E-state index contributed by atoms with van der Waals surface area (Å²) in [6.45, 7) is 42.4. The monoisotopic (exact) mass is 1540 g/mol. The van der Waals surface area contributed by atoms with Gasteiger partial charge in [0.1, 0.15) is 41.2 Å². The Hall–Kier alpha value is -6.78. The molecule has 0 spiro atoms. The molecule has 111 heavy (non-hydrogen) atoms. The number of aromatic nitrogens is 2. The molecule has 6 aliphatic rings. The van der Waals surface area contributed by atoms with Gasteiger partial charge < -0.3 is 52.8 Å². The maximum atomic E-state index is 14.8. The summed E-state index contributed by atoms with van der Waals surface area (Å²) in [5.74, 6) is -6.64. The molecule has 6 saturated heterocycles. The van der Waals surface area contributed by atoms with Gasteiger partial charge in [0, 0.05) is 77.7 Å². The normalized spacial score (nSPS) is 35.9. The predicted octanol–water partition coefficient (Wildman–Crippen LogP) is 16.6. The summed E-state index contributed by atoms with van der Waals surface area (Å²) in [5.41, 5.74) is -1.41. The van der Waals surface area contributed by atoms with Crippen LogP contribution in [0.3, 0.4) is 0 Å². The Kier molecular flexibility index (Phi) is 28.9. The van der Waals surface area contributed by atoms with E-state index in [1.165, 1.54) is 11.1 Å². The molecule has 2 aromatic carbocycles. The van der Waals surface area contributed by atoms with Gasteiger partial charge >= 0.3 is 24.1 Å². The topological polar surface area (TPSA) is 263 Å². The van der Waals surface area contributed by atoms with Crippen molar-refractivity contribution in [2.75, 3.05) is 13.1 Å². The van der Waals surface area contributed by atoms with E-state index in [0.29, 0.717) is 76.8 Å². The van der Waals surface area contributed by atoms with Gasteiger partial charge in [0.25, 0.3) is 0 Å². The lowest BCUT2D eigenvalue weighted by atomic mass is 9.67. The SMILES string of the molecule is CC[C@H]1OC(=O)C(C)(C)C(=O)[C@H](C)[C@@H](OC2O[C@H](C)C[C@H](C)[C@H]2O)C(C)(C)C[C@@H](C)C(=O)[C@H](C)[C@H]2N(CCCCc3ccnc4ccccc34)C(=O)O[C@]12CC.CC[C@H]1OC(=O)[C@H](C)C(=O)[C@H](C)[C@@H](OC2O[C@H](C)C[C@H](C)[C@H]2C)C(C)(C)C[C@@H](C)C(=O)[C@H](C)[C@H]2N(CCCCc3ccnc4ccccc34)C(=O)O[C@]12CC. The van der Waals surface area contributed by atoms with Gasteiger partial charge in [-0.15, -0.1) is 0 Å². The molecule has 0 aliphatic carbocycles. The number of benzene rings is 2. The predicted molar refractivity (Wildman–Crippen MR) is 426 cm³/mol. The van der Waals surface area contributed by atoms with E-state index in [4.69, 9.17) is 37.9 Å². The number of ether oxygens (including phenoxy) is 8. The number of rotatable bonds is 18. The molecule has 23 atom stereocenters. The fourth-order valence-corrected chi connectivity index (χ4v) is 20.1. The van der Waals surface area contributed by atoms with Crippen molar-refractivity contribution in [3.8, 4) is 0 Å². The number of aliphatic hydroxyl groups is 1. The first-order valence-electron chi connectivity index (χ1n) is 41.8. The minimum atomic E-state index is -1.60. The van der Waals surface area contributed by atoms with Crippen molar-refractivity contribution in [2.24, 2.45) is 75.4 Å². The number of nitrogens with zero attached hydrogens (tertiary/aromatic N) is 4. The van der Waals surface area contributed by atoms with E-state index < -0.39 is 148 Å². The molecule has 8 heterocycles. The van der Waals surface area contributed by atoms with Crippen molar-refractivity contribution < 1.29 is 81.4 Å². The van der Waals surface area contributed by atoms with Gasteiger partial charge in [0.2, 0.25) is 0 Å². The van der Waals surface area contributed by atoms with Gasteiger partial charge in [0.05, 0.1) is 47.5 Å². The molecule has 2 amide bonds. The summed E-state index contributed by atoms with van der Waals surface area (Å²) in [5, 5.41) is 13.4. The molecule has 21 nitrogen and oxygen atoms in total. The van der Waals surface area contributed by atoms with Gasteiger partial charge in [-0.2, -0.15) is 0 Å². The molecule has 4 aromatic rings. The first kappa shape index (κ1) is 88.2. The quantitative estimate of drug-likeness (QED) is 0.0420. The zero-order valence-electron chi connectivity index (χ0n) is 70.6. The number of hydrogen-bond donors (Lipinski definition) is 1. The van der Waals surface area contributed by atoms with Gasteiger partial charge in [-0.1, -0.05) is 154 Å². The minimum absolute atomic E-state index is 0.00121. The molecular weight excluding hydrogens is 1410 g/mol. The van der Waals surface area contributed by atoms with Crippen LogP contribution in [0.15, 0.2) is 73.1 Å². The van der Waals surface area contributed by atoms with Crippen molar-refractivity contribution in [3.05, 3.63) is 84.2 Å². The fourth-order valence-electron chi connectivity index (χ4n) is 20.1. The Balaban J connectivity index is 0.000000255.